The second-order valence-electron chi connectivity index (χ2n) is 23.0. The van der Waals surface area contributed by atoms with Crippen LogP contribution >= 0.6 is 0 Å². The molecular formula is C72H123NO8. The van der Waals surface area contributed by atoms with E-state index in [1.54, 1.807) is 0 Å². The van der Waals surface area contributed by atoms with Gasteiger partial charge in [0.15, 0.2) is 12.4 Å². The van der Waals surface area contributed by atoms with Crippen LogP contribution in [0.2, 0.25) is 0 Å². The van der Waals surface area contributed by atoms with E-state index in [-0.39, 0.29) is 38.6 Å². The molecule has 0 heterocycles. The van der Waals surface area contributed by atoms with Crippen LogP contribution in [0, 0.1) is 0 Å². The van der Waals surface area contributed by atoms with Gasteiger partial charge < -0.3 is 33.3 Å². The number of carboxylic acids is 1. The third kappa shape index (κ3) is 63.4. The number of aliphatic carboxylic acids is 1. The average Bonchev–Trinajstić information content (AvgIpc) is 3.44. The second kappa shape index (κ2) is 62.0. The van der Waals surface area contributed by atoms with E-state index in [0.29, 0.717) is 17.4 Å². The predicted octanol–water partition coefficient (Wildman–Crippen LogP) is 18.9. The summed E-state index contributed by atoms with van der Waals surface area (Å²) >= 11 is 0. The Bertz CT molecular complexity index is 1700. The highest BCUT2D eigenvalue weighted by molar-refractivity contribution is 5.70. The fourth-order valence-corrected chi connectivity index (χ4v) is 8.96. The molecule has 81 heavy (non-hydrogen) atoms. The van der Waals surface area contributed by atoms with Gasteiger partial charge in [0.25, 0.3) is 0 Å². The maximum atomic E-state index is 12.9. The number of hydrogen-bond donors (Lipinski definition) is 0. The van der Waals surface area contributed by atoms with Crippen LogP contribution in [0.1, 0.15) is 271 Å². The molecule has 0 N–H and O–H groups in total. The second-order valence-corrected chi connectivity index (χ2v) is 23.0. The number of allylic oxidation sites excluding steroid dienone is 18. The lowest BCUT2D eigenvalue weighted by atomic mass is 10.0. The van der Waals surface area contributed by atoms with Crippen LogP contribution in [-0.2, 0) is 33.3 Å². The third-order valence-electron chi connectivity index (χ3n) is 14.0. The number of esters is 2. The van der Waals surface area contributed by atoms with E-state index in [9.17, 15) is 19.5 Å². The van der Waals surface area contributed by atoms with E-state index in [4.69, 9.17) is 18.9 Å². The predicted molar refractivity (Wildman–Crippen MR) is 343 cm³/mol. The molecule has 0 saturated heterocycles. The number of carbonyl (C=O) groups excluding carboxylic acids is 3. The molecule has 0 aromatic carbocycles. The smallest absolute Gasteiger partial charge is 0.306 e. The van der Waals surface area contributed by atoms with Crippen molar-refractivity contribution in [2.75, 3.05) is 47.5 Å². The lowest BCUT2D eigenvalue weighted by molar-refractivity contribution is -0.870. The number of quaternary nitrogens is 1. The largest absolute Gasteiger partial charge is 0.545 e. The molecular weight excluding hydrogens is 1010 g/mol. The summed E-state index contributed by atoms with van der Waals surface area (Å²) in [7, 11) is 5.92. The van der Waals surface area contributed by atoms with Gasteiger partial charge in [-0.3, -0.25) is 9.59 Å². The van der Waals surface area contributed by atoms with Gasteiger partial charge in [-0.15, -0.1) is 0 Å². The Balaban J connectivity index is 4.22. The van der Waals surface area contributed by atoms with Crippen LogP contribution in [-0.4, -0.2) is 82.3 Å². The summed E-state index contributed by atoms with van der Waals surface area (Å²) in [6, 6.07) is 0. The molecule has 0 aliphatic carbocycles. The van der Waals surface area contributed by atoms with Gasteiger partial charge in [0.1, 0.15) is 13.2 Å². The molecule has 0 saturated carbocycles. The molecule has 0 aliphatic heterocycles. The van der Waals surface area contributed by atoms with Gasteiger partial charge in [0.2, 0.25) is 0 Å². The quantitative estimate of drug-likeness (QED) is 0.0195. The minimum absolute atomic E-state index is 0.141. The molecule has 0 spiro atoms. The number of likely N-dealkylation sites (N-methyl/N-ethyl adjacent to an activating group) is 1. The van der Waals surface area contributed by atoms with Crippen molar-refractivity contribution in [3.63, 3.8) is 0 Å². The van der Waals surface area contributed by atoms with Crippen molar-refractivity contribution >= 4 is 17.9 Å². The van der Waals surface area contributed by atoms with Gasteiger partial charge >= 0.3 is 11.9 Å². The molecule has 0 bridgehead atoms. The zero-order valence-electron chi connectivity index (χ0n) is 52.9. The Hall–Kier alpha value is -4.05. The zero-order valence-corrected chi connectivity index (χ0v) is 52.9. The van der Waals surface area contributed by atoms with Crippen LogP contribution in [0.25, 0.3) is 0 Å². The first kappa shape index (κ1) is 77.0. The molecule has 2 atom stereocenters. The van der Waals surface area contributed by atoms with Crippen molar-refractivity contribution in [1.82, 2.24) is 0 Å². The molecule has 9 nitrogen and oxygen atoms in total. The summed E-state index contributed by atoms with van der Waals surface area (Å²) in [6.07, 6.45) is 82.9. The first-order chi connectivity index (χ1) is 39.6. The highest BCUT2D eigenvalue weighted by Crippen LogP contribution is 2.16. The van der Waals surface area contributed by atoms with Gasteiger partial charge in [-0.25, -0.2) is 0 Å². The molecule has 0 aliphatic rings. The maximum Gasteiger partial charge on any atom is 0.306 e. The van der Waals surface area contributed by atoms with Gasteiger partial charge in [0, 0.05) is 12.8 Å². The Morgan fingerprint density at radius 2 is 0.704 bits per heavy atom. The number of unbranched alkanes of at least 4 members (excludes halogenated alkanes) is 27. The van der Waals surface area contributed by atoms with Gasteiger partial charge in [-0.1, -0.05) is 264 Å². The van der Waals surface area contributed by atoms with Crippen LogP contribution < -0.4 is 5.11 Å². The summed E-state index contributed by atoms with van der Waals surface area (Å²) in [5.74, 6) is -2.30. The highest BCUT2D eigenvalue weighted by atomic mass is 16.7. The minimum Gasteiger partial charge on any atom is -0.545 e. The van der Waals surface area contributed by atoms with E-state index < -0.39 is 24.3 Å². The molecule has 0 amide bonds. The fraction of sp³-hybridized carbons (Fsp3) is 0.708. The SMILES string of the molecule is CC/C=C\C/C=C\C/C=C\C/C=C\C/C=C\C/C=C\C/C=C\C/C=C\CCCCCCCCCCC(=O)OC(COC(=O)CCCCCCCCCCCCC/C=C\CCCCCCCCCC)COC(OCC[N+](C)(C)C)C(=O)[O-]. The molecule has 0 radical (unpaired) electrons. The molecule has 2 unspecified atom stereocenters. The van der Waals surface area contributed by atoms with Gasteiger partial charge in [-0.2, -0.15) is 0 Å². The third-order valence-corrected chi connectivity index (χ3v) is 14.0. The van der Waals surface area contributed by atoms with Crippen LogP contribution in [0.5, 0.6) is 0 Å². The Morgan fingerprint density at radius 1 is 0.383 bits per heavy atom. The monoisotopic (exact) mass is 1130 g/mol. The lowest BCUT2D eigenvalue weighted by Crippen LogP contribution is -2.44. The first-order valence-corrected chi connectivity index (χ1v) is 33.0. The Labute approximate surface area is 498 Å². The van der Waals surface area contributed by atoms with Crippen molar-refractivity contribution < 1.29 is 42.9 Å². The summed E-state index contributed by atoms with van der Waals surface area (Å²) in [5.41, 5.74) is 0. The summed E-state index contributed by atoms with van der Waals surface area (Å²) in [5, 5.41) is 11.8. The topological polar surface area (TPSA) is 111 Å². The molecule has 0 aromatic rings. The highest BCUT2D eigenvalue weighted by Gasteiger charge is 2.22. The Morgan fingerprint density at radius 3 is 1.06 bits per heavy atom. The maximum absolute atomic E-state index is 12.9. The molecule has 0 rings (SSSR count). The van der Waals surface area contributed by atoms with Gasteiger partial charge in [-0.05, 0) is 103 Å². The van der Waals surface area contributed by atoms with Crippen molar-refractivity contribution in [2.24, 2.45) is 0 Å². The van der Waals surface area contributed by atoms with E-state index in [1.807, 2.05) is 21.1 Å². The van der Waals surface area contributed by atoms with Crippen molar-refractivity contribution in [2.45, 2.75) is 283 Å². The van der Waals surface area contributed by atoms with E-state index in [2.05, 4.69) is 123 Å². The minimum atomic E-state index is -1.63. The number of carboxylic acid groups (broad SMARTS) is 1. The number of carbonyl (C=O) groups is 3. The molecule has 0 aromatic heterocycles. The van der Waals surface area contributed by atoms with Crippen molar-refractivity contribution in [3.05, 3.63) is 109 Å². The van der Waals surface area contributed by atoms with E-state index >= 15 is 0 Å². The van der Waals surface area contributed by atoms with Crippen LogP contribution in [0.15, 0.2) is 109 Å². The summed E-state index contributed by atoms with van der Waals surface area (Å²) in [4.78, 5) is 37.4. The first-order valence-electron chi connectivity index (χ1n) is 33.0. The standard InChI is InChI=1S/C72H123NO8/c1-6-8-10-12-14-16-18-20-22-24-26-28-30-31-32-33-34-35-36-37-38-39-41-43-45-47-49-51-53-55-57-59-61-63-70(75)81-68(67-80-72(71(76)77)78-65-64-73(3,4)5)66-79-69(74)62-60-58-56-54-52-50-48-46-44-42-40-29-27-25-23-21-19-17-15-13-11-9-7-2/h8,10,14,16,20,22,25-28,31-32,34-35,37-38,41,43,68,72H,6-7,9,11-13,15,17-19,21,23-24,29-30,33,36,39-40,42,44-67H2,1-5H3/b10-8-,16-14-,22-20-,27-25-,28-26-,32-31-,35-34-,38-37-,43-41-. The number of hydrogen-bond acceptors (Lipinski definition) is 8. The number of nitrogens with zero attached hydrogens (tertiary/aromatic N) is 1. The molecule has 464 valence electrons. The number of rotatable bonds is 60. The summed E-state index contributed by atoms with van der Waals surface area (Å²) < 4.78 is 22.8. The van der Waals surface area contributed by atoms with Gasteiger partial charge in [0.05, 0.1) is 40.3 Å². The van der Waals surface area contributed by atoms with E-state index in [0.717, 1.165) is 96.3 Å². The zero-order chi connectivity index (χ0) is 59.1. The normalized spacial score (nSPS) is 13.4. The van der Waals surface area contributed by atoms with Crippen molar-refractivity contribution in [1.29, 1.82) is 0 Å². The molecule has 9 heteroatoms. The summed E-state index contributed by atoms with van der Waals surface area (Å²) in [6.45, 7) is 4.64. The molecule has 0 fully saturated rings. The Kier molecular flexibility index (Phi) is 58.9. The fourth-order valence-electron chi connectivity index (χ4n) is 8.96. The van der Waals surface area contributed by atoms with E-state index in [1.165, 1.54) is 141 Å². The average molecular weight is 1130 g/mol. The lowest BCUT2D eigenvalue weighted by Gasteiger charge is -2.26. The van der Waals surface area contributed by atoms with Crippen molar-refractivity contribution in [3.8, 4) is 0 Å². The number of ether oxygens (including phenoxy) is 4. The van der Waals surface area contributed by atoms with Crippen LogP contribution in [0.4, 0.5) is 0 Å². The van der Waals surface area contributed by atoms with Crippen LogP contribution in [0.3, 0.4) is 0 Å².